The second kappa shape index (κ2) is 7.26. The Morgan fingerprint density at radius 1 is 1.28 bits per heavy atom. The number of carbonyl (C=O) groups excluding carboxylic acids is 1. The van der Waals surface area contributed by atoms with E-state index in [9.17, 15) is 14.7 Å². The number of aromatic nitrogens is 3. The number of hydrogen-bond donors (Lipinski definition) is 2. The van der Waals surface area contributed by atoms with Crippen LogP contribution < -0.4 is 5.32 Å². The maximum absolute atomic E-state index is 12.4. The van der Waals surface area contributed by atoms with E-state index in [-0.39, 0.29) is 12.3 Å². The van der Waals surface area contributed by atoms with Gasteiger partial charge >= 0.3 is 5.97 Å². The topological polar surface area (TPSA) is 97.1 Å². The molecule has 132 valence electrons. The van der Waals surface area contributed by atoms with E-state index in [1.165, 1.54) is 0 Å². The summed E-state index contributed by atoms with van der Waals surface area (Å²) in [5.41, 5.74) is 1.02. The van der Waals surface area contributed by atoms with Crippen molar-refractivity contribution in [1.82, 2.24) is 20.3 Å². The van der Waals surface area contributed by atoms with Crippen LogP contribution in [0.25, 0.3) is 5.69 Å². The number of hydrogen-bond acceptors (Lipinski definition) is 5. The third kappa shape index (κ3) is 3.68. The summed E-state index contributed by atoms with van der Waals surface area (Å²) in [6.07, 6.45) is 0.893. The number of aliphatic carboxylic acids is 1. The molecule has 0 spiro atoms. The van der Waals surface area contributed by atoms with Crippen molar-refractivity contribution in [2.45, 2.75) is 31.7 Å². The van der Waals surface area contributed by atoms with Gasteiger partial charge in [-0.15, -0.1) is 5.10 Å². The number of amides is 1. The molecule has 1 aromatic carbocycles. The van der Waals surface area contributed by atoms with Crippen LogP contribution in [0, 0.1) is 6.92 Å². The van der Waals surface area contributed by atoms with Gasteiger partial charge in [-0.1, -0.05) is 23.4 Å². The molecule has 1 aliphatic rings. The zero-order valence-electron chi connectivity index (χ0n) is 13.9. The quantitative estimate of drug-likeness (QED) is 0.840. The summed E-state index contributed by atoms with van der Waals surface area (Å²) in [6.45, 7) is 1.85. The molecule has 0 aliphatic carbocycles. The van der Waals surface area contributed by atoms with E-state index in [2.05, 4.69) is 15.6 Å². The minimum absolute atomic E-state index is 0.0147. The largest absolute Gasteiger partial charge is 0.480 e. The molecule has 1 fully saturated rings. The number of rotatable bonds is 5. The van der Waals surface area contributed by atoms with E-state index in [1.54, 1.807) is 16.4 Å². The first-order valence-corrected chi connectivity index (χ1v) is 9.26. The highest BCUT2D eigenvalue weighted by atomic mass is 32.2. The molecule has 1 aromatic heterocycles. The number of thioether (sulfide) groups is 1. The van der Waals surface area contributed by atoms with Crippen LogP contribution >= 0.6 is 11.8 Å². The summed E-state index contributed by atoms with van der Waals surface area (Å²) in [7, 11) is 0. The zero-order valence-corrected chi connectivity index (χ0v) is 14.8. The second-order valence-corrected chi connectivity index (χ2v) is 7.32. The first-order valence-electron chi connectivity index (χ1n) is 8.10. The monoisotopic (exact) mass is 360 g/mol. The van der Waals surface area contributed by atoms with E-state index < -0.39 is 11.5 Å². The lowest BCUT2D eigenvalue weighted by molar-refractivity contribution is -0.148. The van der Waals surface area contributed by atoms with E-state index in [0.29, 0.717) is 18.5 Å². The fourth-order valence-corrected chi connectivity index (χ4v) is 4.10. The molecule has 0 bridgehead atoms. The molecular weight excluding hydrogens is 340 g/mol. The van der Waals surface area contributed by atoms with Gasteiger partial charge in [-0.25, -0.2) is 9.48 Å². The van der Waals surface area contributed by atoms with E-state index in [4.69, 9.17) is 0 Å². The molecule has 0 unspecified atom stereocenters. The first-order chi connectivity index (χ1) is 12.0. The summed E-state index contributed by atoms with van der Waals surface area (Å²) in [4.78, 5) is 24.1. The summed E-state index contributed by atoms with van der Waals surface area (Å²) < 4.78 is 1.67. The SMILES string of the molecule is Cc1c(CC(=O)NC2(C(=O)O)CCSCC2)nnn1-c1ccccc1. The van der Waals surface area contributed by atoms with Crippen molar-refractivity contribution in [1.29, 1.82) is 0 Å². The number of nitrogens with one attached hydrogen (secondary N) is 1. The predicted molar refractivity (Wildman–Crippen MR) is 94.9 cm³/mol. The molecule has 25 heavy (non-hydrogen) atoms. The van der Waals surface area contributed by atoms with Gasteiger partial charge in [-0.3, -0.25) is 4.79 Å². The molecular formula is C17H20N4O3S. The minimum Gasteiger partial charge on any atom is -0.480 e. The first kappa shape index (κ1) is 17.5. The van der Waals surface area contributed by atoms with Crippen LogP contribution in [-0.4, -0.2) is 49.0 Å². The number of para-hydroxylation sites is 1. The van der Waals surface area contributed by atoms with E-state index >= 15 is 0 Å². The van der Waals surface area contributed by atoms with Gasteiger partial charge in [0.05, 0.1) is 23.5 Å². The maximum Gasteiger partial charge on any atom is 0.329 e. The highest BCUT2D eigenvalue weighted by Crippen LogP contribution is 2.27. The minimum atomic E-state index is -1.16. The Hall–Kier alpha value is -2.35. The molecule has 2 heterocycles. The Balaban J connectivity index is 1.73. The Morgan fingerprint density at radius 3 is 2.60 bits per heavy atom. The molecule has 1 amide bonds. The maximum atomic E-state index is 12.4. The molecule has 3 rings (SSSR count). The van der Waals surface area contributed by atoms with Crippen LogP contribution in [0.2, 0.25) is 0 Å². The van der Waals surface area contributed by atoms with Crippen LogP contribution in [0.3, 0.4) is 0 Å². The molecule has 0 saturated carbocycles. The second-order valence-electron chi connectivity index (χ2n) is 6.09. The number of carboxylic acids is 1. The van der Waals surface area contributed by atoms with Crippen molar-refractivity contribution >= 4 is 23.6 Å². The lowest BCUT2D eigenvalue weighted by Gasteiger charge is -2.33. The van der Waals surface area contributed by atoms with Gasteiger partial charge in [-0.05, 0) is 43.4 Å². The van der Waals surface area contributed by atoms with Crippen molar-refractivity contribution in [3.63, 3.8) is 0 Å². The highest BCUT2D eigenvalue weighted by molar-refractivity contribution is 7.99. The third-order valence-corrected chi connectivity index (χ3v) is 5.44. The third-order valence-electron chi connectivity index (χ3n) is 4.45. The van der Waals surface area contributed by atoms with Gasteiger partial charge in [0.25, 0.3) is 0 Å². The molecule has 0 atom stereocenters. The van der Waals surface area contributed by atoms with Crippen molar-refractivity contribution in [3.8, 4) is 5.69 Å². The highest BCUT2D eigenvalue weighted by Gasteiger charge is 2.41. The number of carbonyl (C=O) groups is 2. The summed E-state index contributed by atoms with van der Waals surface area (Å²) in [5.74, 6) is 0.161. The van der Waals surface area contributed by atoms with Gasteiger partial charge in [-0.2, -0.15) is 11.8 Å². The predicted octanol–water partition coefficient (Wildman–Crippen LogP) is 1.58. The molecule has 2 aromatic rings. The lowest BCUT2D eigenvalue weighted by Crippen LogP contribution is -2.56. The summed E-state index contributed by atoms with van der Waals surface area (Å²) >= 11 is 1.71. The van der Waals surface area contributed by atoms with Crippen molar-refractivity contribution in [2.75, 3.05) is 11.5 Å². The molecule has 2 N–H and O–H groups in total. The number of carboxylic acid groups (broad SMARTS) is 1. The lowest BCUT2D eigenvalue weighted by atomic mass is 9.92. The van der Waals surface area contributed by atoms with E-state index in [1.807, 2.05) is 37.3 Å². The fraction of sp³-hybridized carbons (Fsp3) is 0.412. The smallest absolute Gasteiger partial charge is 0.329 e. The van der Waals surface area contributed by atoms with Crippen LogP contribution in [0.5, 0.6) is 0 Å². The van der Waals surface area contributed by atoms with Crippen LogP contribution in [-0.2, 0) is 16.0 Å². The van der Waals surface area contributed by atoms with Gasteiger partial charge in [0, 0.05) is 0 Å². The molecule has 1 saturated heterocycles. The zero-order chi connectivity index (χ0) is 17.9. The number of benzene rings is 1. The normalized spacial score (nSPS) is 16.4. The molecule has 8 heteroatoms. The van der Waals surface area contributed by atoms with Crippen LogP contribution in [0.15, 0.2) is 30.3 Å². The van der Waals surface area contributed by atoms with Crippen LogP contribution in [0.1, 0.15) is 24.2 Å². The van der Waals surface area contributed by atoms with E-state index in [0.717, 1.165) is 22.9 Å². The van der Waals surface area contributed by atoms with Crippen molar-refractivity contribution in [2.24, 2.45) is 0 Å². The number of nitrogens with zero attached hydrogens (tertiary/aromatic N) is 3. The molecule has 7 nitrogen and oxygen atoms in total. The average molecular weight is 360 g/mol. The summed E-state index contributed by atoms with van der Waals surface area (Å²) in [5, 5.41) is 20.5. The molecule has 1 aliphatic heterocycles. The molecule has 0 radical (unpaired) electrons. The van der Waals surface area contributed by atoms with Crippen molar-refractivity contribution < 1.29 is 14.7 Å². The van der Waals surface area contributed by atoms with Gasteiger partial charge in [0.1, 0.15) is 5.54 Å². The van der Waals surface area contributed by atoms with Crippen LogP contribution in [0.4, 0.5) is 0 Å². The van der Waals surface area contributed by atoms with Crippen molar-refractivity contribution in [3.05, 3.63) is 41.7 Å². The Kier molecular flexibility index (Phi) is 5.08. The summed E-state index contributed by atoms with van der Waals surface area (Å²) in [6, 6.07) is 9.54. The fourth-order valence-electron chi connectivity index (χ4n) is 2.91. The van der Waals surface area contributed by atoms with Gasteiger partial charge < -0.3 is 10.4 Å². The average Bonchev–Trinajstić information content (AvgIpc) is 2.97. The van der Waals surface area contributed by atoms with Gasteiger partial charge in [0.15, 0.2) is 0 Å². The standard InChI is InChI=1S/C17H20N4O3S/c1-12-14(19-20-21(12)13-5-3-2-4-6-13)11-15(22)18-17(16(23)24)7-9-25-10-8-17/h2-6H,7-11H2,1H3,(H,18,22)(H,23,24). The Morgan fingerprint density at radius 2 is 1.96 bits per heavy atom. The Bertz CT molecular complexity index is 769. The van der Waals surface area contributed by atoms with Gasteiger partial charge in [0.2, 0.25) is 5.91 Å². The Labute approximate surface area is 149 Å².